The molecule has 2 N–H and O–H groups in total. The van der Waals surface area contributed by atoms with E-state index < -0.39 is 33.1 Å². The molecule has 0 saturated heterocycles. The first-order valence-corrected chi connectivity index (χ1v) is 14.5. The summed E-state index contributed by atoms with van der Waals surface area (Å²) < 4.78 is 11.5. The number of carbonyl (C=O) groups excluding carboxylic acids is 2. The lowest BCUT2D eigenvalue weighted by Gasteiger charge is -2.08. The predicted octanol–water partition coefficient (Wildman–Crippen LogP) is 9.17. The van der Waals surface area contributed by atoms with E-state index in [-0.39, 0.29) is 0 Å². The molecule has 1 aliphatic rings. The van der Waals surface area contributed by atoms with Crippen molar-refractivity contribution >= 4 is 34.8 Å². The van der Waals surface area contributed by atoms with Crippen molar-refractivity contribution < 1.29 is 28.6 Å². The Labute approximate surface area is 273 Å². The summed E-state index contributed by atoms with van der Waals surface area (Å²) >= 11 is 10.4. The number of aliphatic hydroxyl groups excluding tert-OH is 2. The molecule has 7 rings (SSSR count). The van der Waals surface area contributed by atoms with E-state index in [0.29, 0.717) is 11.8 Å². The molecule has 6 aromatic rings. The summed E-state index contributed by atoms with van der Waals surface area (Å²) in [6.07, 6.45) is 3.52. The van der Waals surface area contributed by atoms with Gasteiger partial charge in [-0.25, -0.2) is 9.97 Å². The third kappa shape index (κ3) is 7.50. The molecular weight excluding hydrogens is 627 g/mol. The summed E-state index contributed by atoms with van der Waals surface area (Å²) in [5.41, 5.74) is 4.08. The van der Waals surface area contributed by atoms with Crippen molar-refractivity contribution in [1.29, 1.82) is 0 Å². The summed E-state index contributed by atoms with van der Waals surface area (Å²) in [5.74, 6) is -1.09. The van der Waals surface area contributed by atoms with E-state index in [1.807, 2.05) is 121 Å². The topological polar surface area (TPSA) is 127 Å². The highest BCUT2D eigenvalue weighted by Crippen LogP contribution is 2.28. The van der Waals surface area contributed by atoms with Crippen molar-refractivity contribution in [1.82, 2.24) is 9.97 Å². The number of halogens is 2. The van der Waals surface area contributed by atoms with E-state index in [2.05, 4.69) is 9.97 Å². The van der Waals surface area contributed by atoms with Crippen LogP contribution >= 0.6 is 23.2 Å². The predicted molar refractivity (Wildman–Crippen MR) is 176 cm³/mol. The van der Waals surface area contributed by atoms with Crippen LogP contribution in [-0.2, 0) is 9.59 Å². The summed E-state index contributed by atoms with van der Waals surface area (Å²) in [6, 6.07) is 39.7. The van der Waals surface area contributed by atoms with Crippen LogP contribution in [0.3, 0.4) is 0 Å². The maximum absolute atomic E-state index is 10.8. The van der Waals surface area contributed by atoms with Crippen LogP contribution in [0, 0.1) is 0 Å². The van der Waals surface area contributed by atoms with Gasteiger partial charge in [-0.2, -0.15) is 0 Å². The minimum atomic E-state index is -1.06. The molecule has 0 atom stereocenters. The van der Waals surface area contributed by atoms with Crippen molar-refractivity contribution in [2.24, 2.45) is 0 Å². The SMILES string of the molecule is O=C1C(O)=C(Cl)C(=O)C(O)=C1Cl.c1ccc(-c2cnc(-c3ccccc3)o2)cc1.c1ccc(-c2cnc(-c3ccccc3)o2)cc1. The van der Waals surface area contributed by atoms with Gasteiger partial charge in [0.05, 0.1) is 12.4 Å². The van der Waals surface area contributed by atoms with Gasteiger partial charge in [0.25, 0.3) is 0 Å². The average Bonchev–Trinajstić information content (AvgIpc) is 3.83. The van der Waals surface area contributed by atoms with Crippen molar-refractivity contribution in [2.75, 3.05) is 0 Å². The summed E-state index contributed by atoms with van der Waals surface area (Å²) in [6.45, 7) is 0. The number of hydrogen-bond acceptors (Lipinski definition) is 8. The first-order chi connectivity index (χ1) is 22.3. The molecule has 46 heavy (non-hydrogen) atoms. The third-order valence-electron chi connectivity index (χ3n) is 6.41. The van der Waals surface area contributed by atoms with Crippen LogP contribution in [0.25, 0.3) is 45.6 Å². The Morgan fingerprint density at radius 1 is 0.457 bits per heavy atom. The van der Waals surface area contributed by atoms with Crippen LogP contribution in [0.1, 0.15) is 0 Å². The fourth-order valence-corrected chi connectivity index (χ4v) is 4.42. The highest BCUT2D eigenvalue weighted by atomic mass is 35.5. The molecule has 10 heteroatoms. The lowest BCUT2D eigenvalue weighted by molar-refractivity contribution is -0.119. The first kappa shape index (κ1) is 31.7. The number of nitrogens with zero attached hydrogens (tertiary/aromatic N) is 2. The Balaban J connectivity index is 0.000000139. The van der Waals surface area contributed by atoms with E-state index in [0.717, 1.165) is 33.8 Å². The van der Waals surface area contributed by atoms with E-state index in [9.17, 15) is 9.59 Å². The number of aliphatic hydroxyl groups is 2. The number of Topliss-reactive ketones (excluding diaryl/α,β-unsaturated/α-hetero) is 2. The van der Waals surface area contributed by atoms with Crippen LogP contribution in [0.5, 0.6) is 0 Å². The molecular formula is C36H24Cl2N2O6. The van der Waals surface area contributed by atoms with Gasteiger partial charge in [-0.15, -0.1) is 0 Å². The quantitative estimate of drug-likeness (QED) is 0.181. The molecule has 0 radical (unpaired) electrons. The number of aromatic nitrogens is 2. The molecule has 0 saturated carbocycles. The van der Waals surface area contributed by atoms with Gasteiger partial charge in [-0.3, -0.25) is 9.59 Å². The molecule has 0 amide bonds. The number of carbonyl (C=O) groups is 2. The summed E-state index contributed by atoms with van der Waals surface area (Å²) in [7, 11) is 0. The molecule has 228 valence electrons. The summed E-state index contributed by atoms with van der Waals surface area (Å²) in [4.78, 5) is 30.2. The van der Waals surface area contributed by atoms with Gasteiger partial charge >= 0.3 is 0 Å². The molecule has 2 aromatic heterocycles. The summed E-state index contributed by atoms with van der Waals surface area (Å²) in [5, 5.41) is 16.3. The molecule has 0 aliphatic heterocycles. The van der Waals surface area contributed by atoms with Gasteiger partial charge in [0, 0.05) is 22.3 Å². The van der Waals surface area contributed by atoms with Gasteiger partial charge in [-0.05, 0) is 24.3 Å². The maximum atomic E-state index is 10.8. The molecule has 0 fully saturated rings. The van der Waals surface area contributed by atoms with Crippen LogP contribution in [0.15, 0.2) is 164 Å². The Kier molecular flexibility index (Phi) is 10.2. The lowest BCUT2D eigenvalue weighted by atomic mass is 10.1. The minimum Gasteiger partial charge on any atom is -0.503 e. The second-order valence-corrected chi connectivity index (χ2v) is 10.3. The number of allylic oxidation sites excluding steroid dienone is 2. The number of hydrogen-bond donors (Lipinski definition) is 2. The number of benzene rings is 4. The fraction of sp³-hybridized carbons (Fsp3) is 0. The van der Waals surface area contributed by atoms with Crippen LogP contribution in [0.2, 0.25) is 0 Å². The average molecular weight is 652 g/mol. The van der Waals surface area contributed by atoms with Crippen molar-refractivity contribution in [3.8, 4) is 45.6 Å². The smallest absolute Gasteiger partial charge is 0.244 e. The van der Waals surface area contributed by atoms with Crippen LogP contribution in [0.4, 0.5) is 0 Å². The van der Waals surface area contributed by atoms with E-state index in [4.69, 9.17) is 42.2 Å². The molecule has 0 bridgehead atoms. The maximum Gasteiger partial charge on any atom is 0.244 e. The van der Waals surface area contributed by atoms with E-state index in [1.54, 1.807) is 12.4 Å². The van der Waals surface area contributed by atoms with Crippen molar-refractivity contribution in [2.45, 2.75) is 0 Å². The third-order valence-corrected chi connectivity index (χ3v) is 7.12. The minimum absolute atomic E-state index is 0.657. The van der Waals surface area contributed by atoms with E-state index >= 15 is 0 Å². The molecule has 8 nitrogen and oxygen atoms in total. The van der Waals surface area contributed by atoms with Gasteiger partial charge < -0.3 is 19.0 Å². The van der Waals surface area contributed by atoms with E-state index in [1.165, 1.54) is 0 Å². The normalized spacial score (nSPS) is 12.7. The van der Waals surface area contributed by atoms with Gasteiger partial charge in [0.1, 0.15) is 10.1 Å². The standard InChI is InChI=1S/2C15H11NO.C6H2Cl2O4/c2*1-3-7-12(8-4-1)14-11-16-15(17-14)13-9-5-2-6-10-13;7-1-3(9)5(11)2(8)6(12)4(1)10/h2*1-11H;9,12H. The zero-order valence-electron chi connectivity index (χ0n) is 23.9. The monoisotopic (exact) mass is 650 g/mol. The second-order valence-electron chi connectivity index (χ2n) is 9.51. The van der Waals surface area contributed by atoms with Gasteiger partial charge in [-0.1, -0.05) is 120 Å². The zero-order chi connectivity index (χ0) is 32.5. The van der Waals surface area contributed by atoms with Crippen LogP contribution < -0.4 is 0 Å². The largest absolute Gasteiger partial charge is 0.503 e. The molecule has 2 heterocycles. The Morgan fingerprint density at radius 3 is 1.04 bits per heavy atom. The zero-order valence-corrected chi connectivity index (χ0v) is 25.4. The van der Waals surface area contributed by atoms with Gasteiger partial charge in [0.15, 0.2) is 23.0 Å². The Bertz CT molecular complexity index is 1720. The lowest BCUT2D eigenvalue weighted by Crippen LogP contribution is -2.19. The van der Waals surface area contributed by atoms with Gasteiger partial charge in [0.2, 0.25) is 23.3 Å². The Morgan fingerprint density at radius 2 is 0.739 bits per heavy atom. The number of ketones is 2. The first-order valence-electron chi connectivity index (χ1n) is 13.7. The molecule has 0 unspecified atom stereocenters. The second kappa shape index (κ2) is 14.9. The highest BCUT2D eigenvalue weighted by molar-refractivity contribution is 6.55. The van der Waals surface area contributed by atoms with Crippen molar-refractivity contribution in [3.05, 3.63) is 155 Å². The van der Waals surface area contributed by atoms with Crippen LogP contribution in [-0.4, -0.2) is 31.7 Å². The molecule has 1 aliphatic carbocycles. The molecule has 0 spiro atoms. The highest BCUT2D eigenvalue weighted by Gasteiger charge is 2.33. The molecule has 4 aromatic carbocycles. The Hall–Kier alpha value is -5.70. The fourth-order valence-electron chi connectivity index (χ4n) is 4.07. The number of oxazole rings is 2. The van der Waals surface area contributed by atoms with Crippen molar-refractivity contribution in [3.63, 3.8) is 0 Å². The number of rotatable bonds is 4.